The molecule has 0 aliphatic heterocycles. The van der Waals surface area contributed by atoms with Gasteiger partial charge in [0.2, 0.25) is 5.91 Å². The second kappa shape index (κ2) is 9.14. The lowest BCUT2D eigenvalue weighted by molar-refractivity contribution is -0.384. The van der Waals surface area contributed by atoms with E-state index in [1.54, 1.807) is 7.05 Å². The number of hydrogen-bond acceptors (Lipinski definition) is 8. The number of hydrogen-bond donors (Lipinski definition) is 1. The molecule has 1 aliphatic carbocycles. The lowest BCUT2D eigenvalue weighted by atomic mass is 10.1. The first-order chi connectivity index (χ1) is 15.8. The van der Waals surface area contributed by atoms with Gasteiger partial charge in [0.25, 0.3) is 11.2 Å². The number of rotatable bonds is 6. The van der Waals surface area contributed by atoms with Crippen molar-refractivity contribution in [2.75, 3.05) is 11.1 Å². The molecule has 0 bridgehead atoms. The molecular formula is C21H22N6O5S. The first-order valence-corrected chi connectivity index (χ1v) is 11.4. The highest BCUT2D eigenvalue weighted by Gasteiger charge is 2.24. The van der Waals surface area contributed by atoms with E-state index in [0.29, 0.717) is 16.5 Å². The van der Waals surface area contributed by atoms with Crippen LogP contribution in [0, 0.1) is 10.1 Å². The van der Waals surface area contributed by atoms with Crippen LogP contribution in [0.2, 0.25) is 0 Å². The maximum Gasteiger partial charge on any atom is 0.332 e. The fourth-order valence-electron chi connectivity index (χ4n) is 3.91. The predicted molar refractivity (Wildman–Crippen MR) is 124 cm³/mol. The smallest absolute Gasteiger partial charge is 0.325 e. The number of thioether (sulfide) groups is 1. The molecule has 4 rings (SSSR count). The van der Waals surface area contributed by atoms with Crippen LogP contribution in [0.3, 0.4) is 0 Å². The van der Waals surface area contributed by atoms with Gasteiger partial charge in [-0.2, -0.15) is 0 Å². The normalized spacial score (nSPS) is 14.0. The third-order valence-corrected chi connectivity index (χ3v) is 6.68. The number of amides is 1. The molecular weight excluding hydrogens is 448 g/mol. The summed E-state index contributed by atoms with van der Waals surface area (Å²) in [5.74, 6) is 0.340. The number of aromatic nitrogens is 4. The molecule has 12 heteroatoms. The summed E-state index contributed by atoms with van der Waals surface area (Å²) in [6, 6.07) is 5.51. The van der Waals surface area contributed by atoms with Crippen molar-refractivity contribution in [3.63, 3.8) is 0 Å². The molecule has 11 nitrogen and oxygen atoms in total. The molecule has 1 N–H and O–H groups in total. The lowest BCUT2D eigenvalue weighted by Gasteiger charge is -2.14. The van der Waals surface area contributed by atoms with Gasteiger partial charge >= 0.3 is 5.69 Å². The number of carbonyl (C=O) groups excluding carboxylic acids is 1. The zero-order chi connectivity index (χ0) is 23.7. The number of fused-ring (bicyclic) bond motifs is 1. The summed E-state index contributed by atoms with van der Waals surface area (Å²) in [5.41, 5.74) is -0.377. The quantitative estimate of drug-likeness (QED) is 0.250. The number of benzene rings is 1. The molecule has 2 aromatic heterocycles. The highest BCUT2D eigenvalue weighted by Crippen LogP contribution is 2.34. The van der Waals surface area contributed by atoms with Crippen molar-refractivity contribution in [1.82, 2.24) is 19.1 Å². The topological polar surface area (TPSA) is 142 Å². The third kappa shape index (κ3) is 4.51. The molecule has 1 aromatic carbocycles. The van der Waals surface area contributed by atoms with Crippen LogP contribution in [0.1, 0.15) is 37.4 Å². The van der Waals surface area contributed by atoms with Gasteiger partial charge in [0.15, 0.2) is 5.65 Å². The first-order valence-electron chi connectivity index (χ1n) is 10.4. The van der Waals surface area contributed by atoms with Gasteiger partial charge in [-0.15, -0.1) is 0 Å². The van der Waals surface area contributed by atoms with E-state index in [-0.39, 0.29) is 34.3 Å². The van der Waals surface area contributed by atoms with E-state index in [9.17, 15) is 24.5 Å². The van der Waals surface area contributed by atoms with E-state index < -0.39 is 16.2 Å². The second-order valence-corrected chi connectivity index (χ2v) is 8.88. The molecule has 1 aliphatic rings. The van der Waals surface area contributed by atoms with Crippen LogP contribution in [0.4, 0.5) is 11.4 Å². The van der Waals surface area contributed by atoms with E-state index in [4.69, 9.17) is 0 Å². The first kappa shape index (κ1) is 22.6. The number of nitro benzene ring substituents is 1. The minimum absolute atomic E-state index is 0.0425. The Morgan fingerprint density at radius 1 is 1.15 bits per heavy atom. The summed E-state index contributed by atoms with van der Waals surface area (Å²) in [5, 5.41) is 14.0. The van der Waals surface area contributed by atoms with Gasteiger partial charge in [0.1, 0.15) is 16.2 Å². The summed E-state index contributed by atoms with van der Waals surface area (Å²) in [6.45, 7) is 0. The Morgan fingerprint density at radius 3 is 2.45 bits per heavy atom. The standard InChI is InChI=1S/C21H22N6O5S/c1-25-18-16(20(29)26(2)21(25)30)19(24-17(23-18)12-5-3-4-6-12)33-11-15(28)22-13-7-9-14(10-8-13)27(31)32/h7-10,12H,3-6,11H2,1-2H3,(H,22,28). The number of nitro groups is 1. The van der Waals surface area contributed by atoms with Crippen molar-refractivity contribution < 1.29 is 9.72 Å². The van der Waals surface area contributed by atoms with Crippen molar-refractivity contribution in [1.29, 1.82) is 0 Å². The monoisotopic (exact) mass is 470 g/mol. The number of non-ortho nitro benzene ring substituents is 1. The zero-order valence-electron chi connectivity index (χ0n) is 18.1. The van der Waals surface area contributed by atoms with Crippen LogP contribution < -0.4 is 16.6 Å². The van der Waals surface area contributed by atoms with Gasteiger partial charge in [-0.25, -0.2) is 14.8 Å². The summed E-state index contributed by atoms with van der Waals surface area (Å²) < 4.78 is 2.33. The molecule has 1 fully saturated rings. The summed E-state index contributed by atoms with van der Waals surface area (Å²) >= 11 is 1.10. The Hall–Kier alpha value is -3.54. The maximum atomic E-state index is 12.9. The molecule has 1 saturated carbocycles. The van der Waals surface area contributed by atoms with Crippen LogP contribution in [-0.2, 0) is 18.9 Å². The largest absolute Gasteiger partial charge is 0.332 e. The number of aryl methyl sites for hydroxylation is 1. The number of nitrogens with zero attached hydrogens (tertiary/aromatic N) is 5. The van der Waals surface area contributed by atoms with Crippen LogP contribution >= 0.6 is 11.8 Å². The fraction of sp³-hybridized carbons (Fsp3) is 0.381. The third-order valence-electron chi connectivity index (χ3n) is 5.71. The van der Waals surface area contributed by atoms with Crippen LogP contribution in [-0.4, -0.2) is 35.7 Å². The van der Waals surface area contributed by atoms with E-state index in [1.165, 1.54) is 35.9 Å². The van der Waals surface area contributed by atoms with E-state index in [2.05, 4.69) is 15.3 Å². The average Bonchev–Trinajstić information content (AvgIpc) is 3.35. The summed E-state index contributed by atoms with van der Waals surface area (Å²) in [6.07, 6.45) is 4.02. The lowest BCUT2D eigenvalue weighted by Crippen LogP contribution is -2.38. The van der Waals surface area contributed by atoms with Crippen molar-refractivity contribution in [3.8, 4) is 0 Å². The van der Waals surface area contributed by atoms with Crippen LogP contribution in [0.15, 0.2) is 38.9 Å². The van der Waals surface area contributed by atoms with E-state index in [0.717, 1.165) is 42.0 Å². The summed E-state index contributed by atoms with van der Waals surface area (Å²) in [7, 11) is 2.95. The van der Waals surface area contributed by atoms with Crippen molar-refractivity contribution in [2.24, 2.45) is 14.1 Å². The van der Waals surface area contributed by atoms with E-state index in [1.807, 2.05) is 0 Å². The molecule has 3 aromatic rings. The van der Waals surface area contributed by atoms with Crippen LogP contribution in [0.25, 0.3) is 11.0 Å². The average molecular weight is 471 g/mol. The minimum Gasteiger partial charge on any atom is -0.325 e. The number of anilines is 1. The molecule has 1 amide bonds. The van der Waals surface area contributed by atoms with Gasteiger partial charge in [-0.05, 0) is 25.0 Å². The van der Waals surface area contributed by atoms with Gasteiger partial charge in [0.05, 0.1) is 10.7 Å². The van der Waals surface area contributed by atoms with Crippen molar-refractivity contribution in [3.05, 3.63) is 61.0 Å². The highest BCUT2D eigenvalue weighted by atomic mass is 32.2. The minimum atomic E-state index is -0.516. The van der Waals surface area contributed by atoms with Gasteiger partial charge in [0, 0.05) is 37.8 Å². The molecule has 0 atom stereocenters. The van der Waals surface area contributed by atoms with E-state index >= 15 is 0 Å². The molecule has 172 valence electrons. The Bertz CT molecular complexity index is 1360. The fourth-order valence-corrected chi connectivity index (χ4v) is 4.73. The molecule has 33 heavy (non-hydrogen) atoms. The van der Waals surface area contributed by atoms with Gasteiger partial charge < -0.3 is 5.32 Å². The second-order valence-electron chi connectivity index (χ2n) is 7.91. The number of nitrogens with one attached hydrogen (secondary N) is 1. The maximum absolute atomic E-state index is 12.9. The summed E-state index contributed by atoms with van der Waals surface area (Å²) in [4.78, 5) is 57.3. The highest BCUT2D eigenvalue weighted by molar-refractivity contribution is 8.00. The molecule has 2 heterocycles. The van der Waals surface area contributed by atoms with Crippen LogP contribution in [0.5, 0.6) is 0 Å². The zero-order valence-corrected chi connectivity index (χ0v) is 18.9. The molecule has 0 saturated heterocycles. The Labute approximate surface area is 192 Å². The SMILES string of the molecule is Cn1c(=O)c2c(SCC(=O)Nc3ccc([N+](=O)[O-])cc3)nc(C3CCCC3)nc2n(C)c1=O. The molecule has 0 radical (unpaired) electrons. The molecule has 0 unspecified atom stereocenters. The Morgan fingerprint density at radius 2 is 1.82 bits per heavy atom. The predicted octanol–water partition coefficient (Wildman–Crippen LogP) is 2.32. The van der Waals surface area contributed by atoms with Crippen molar-refractivity contribution in [2.45, 2.75) is 36.6 Å². The number of carbonyl (C=O) groups is 1. The van der Waals surface area contributed by atoms with Gasteiger partial charge in [-0.3, -0.25) is 28.8 Å². The van der Waals surface area contributed by atoms with Gasteiger partial charge in [-0.1, -0.05) is 24.6 Å². The van der Waals surface area contributed by atoms with Crippen molar-refractivity contribution >= 4 is 40.1 Å². The Balaban J connectivity index is 1.64. The molecule has 0 spiro atoms. The Kier molecular flexibility index (Phi) is 6.27.